The third kappa shape index (κ3) is 5.74. The number of carbonyl (C=O) groups is 1. The lowest BCUT2D eigenvalue weighted by molar-refractivity contribution is -0.127. The van der Waals surface area contributed by atoms with Crippen molar-refractivity contribution in [2.24, 2.45) is 11.8 Å². The number of likely N-dealkylation sites (tertiary alicyclic amines) is 2. The van der Waals surface area contributed by atoms with Crippen LogP contribution in [0.5, 0.6) is 0 Å². The number of halogens is 2. The monoisotopic (exact) mass is 530 g/mol. The Bertz CT molecular complexity index is 1090. The van der Waals surface area contributed by atoms with E-state index in [2.05, 4.69) is 27.0 Å². The van der Waals surface area contributed by atoms with Gasteiger partial charge in [0.2, 0.25) is 11.9 Å². The molecule has 0 saturated carbocycles. The van der Waals surface area contributed by atoms with E-state index in [0.29, 0.717) is 27.8 Å². The molecule has 1 unspecified atom stereocenters. The van der Waals surface area contributed by atoms with Crippen LogP contribution in [0.15, 0.2) is 24.4 Å². The molecule has 7 nitrogen and oxygen atoms in total. The number of nitrogens with zero attached hydrogens (tertiary/aromatic N) is 5. The van der Waals surface area contributed by atoms with Gasteiger partial charge in [0.25, 0.3) is 0 Å². The van der Waals surface area contributed by atoms with E-state index in [-0.39, 0.29) is 6.04 Å². The van der Waals surface area contributed by atoms with Gasteiger partial charge in [0, 0.05) is 67.5 Å². The highest BCUT2D eigenvalue weighted by molar-refractivity contribution is 6.35. The number of carbonyl (C=O) groups excluding carboxylic acids is 1. The van der Waals surface area contributed by atoms with Gasteiger partial charge in [-0.15, -0.1) is 0 Å². The fourth-order valence-electron chi connectivity index (χ4n) is 5.72. The predicted octanol–water partition coefficient (Wildman–Crippen LogP) is 5.04. The molecule has 3 fully saturated rings. The van der Waals surface area contributed by atoms with Crippen LogP contribution in [0.25, 0.3) is 0 Å². The molecule has 3 saturated heterocycles. The number of aryl methyl sites for hydroxylation is 1. The van der Waals surface area contributed by atoms with Gasteiger partial charge in [-0.3, -0.25) is 4.79 Å². The quantitative estimate of drug-likeness (QED) is 0.515. The fraction of sp³-hybridized carbons (Fsp3) is 0.593. The summed E-state index contributed by atoms with van der Waals surface area (Å²) in [4.78, 5) is 28.3. The van der Waals surface area contributed by atoms with E-state index in [1.807, 2.05) is 30.2 Å². The second-order valence-corrected chi connectivity index (χ2v) is 11.4. The summed E-state index contributed by atoms with van der Waals surface area (Å²) in [5, 5.41) is 4.79. The topological polar surface area (TPSA) is 64.6 Å². The Morgan fingerprint density at radius 3 is 2.69 bits per heavy atom. The molecule has 1 aromatic heterocycles. The minimum absolute atomic E-state index is 0.00979. The van der Waals surface area contributed by atoms with Gasteiger partial charge < -0.3 is 20.0 Å². The molecule has 36 heavy (non-hydrogen) atoms. The maximum atomic E-state index is 11.9. The van der Waals surface area contributed by atoms with Crippen LogP contribution in [0.4, 0.5) is 11.8 Å². The smallest absolute Gasteiger partial charge is 0.227 e. The Morgan fingerprint density at radius 2 is 1.94 bits per heavy atom. The molecule has 4 heterocycles. The Morgan fingerprint density at radius 1 is 1.11 bits per heavy atom. The summed E-state index contributed by atoms with van der Waals surface area (Å²) in [6, 6.07) is 5.57. The Hall–Kier alpha value is -2.09. The van der Waals surface area contributed by atoms with Crippen molar-refractivity contribution in [1.29, 1.82) is 0 Å². The first-order valence-electron chi connectivity index (χ1n) is 13.2. The molecule has 1 N–H and O–H groups in total. The molecule has 5 rings (SSSR count). The van der Waals surface area contributed by atoms with Crippen LogP contribution < -0.4 is 10.2 Å². The van der Waals surface area contributed by atoms with Gasteiger partial charge >= 0.3 is 0 Å². The van der Waals surface area contributed by atoms with Gasteiger partial charge in [-0.2, -0.15) is 4.98 Å². The molecule has 2 atom stereocenters. The number of amides is 1. The zero-order valence-electron chi connectivity index (χ0n) is 21.2. The number of rotatable bonds is 8. The van der Waals surface area contributed by atoms with Crippen LogP contribution >= 0.6 is 23.2 Å². The Balaban J connectivity index is 1.15. The van der Waals surface area contributed by atoms with Crippen LogP contribution in [-0.4, -0.2) is 71.5 Å². The summed E-state index contributed by atoms with van der Waals surface area (Å²) >= 11 is 12.5. The lowest BCUT2D eigenvalue weighted by atomic mass is 9.81. The lowest BCUT2D eigenvalue weighted by Crippen LogP contribution is -2.54. The number of anilines is 2. The zero-order chi connectivity index (χ0) is 25.2. The number of piperidine rings is 1. The molecule has 3 aliphatic rings. The lowest BCUT2D eigenvalue weighted by Gasteiger charge is -2.46. The summed E-state index contributed by atoms with van der Waals surface area (Å²) in [5.74, 6) is 3.33. The average molecular weight is 532 g/mol. The third-order valence-corrected chi connectivity index (χ3v) is 8.56. The molecule has 1 aromatic carbocycles. The van der Waals surface area contributed by atoms with E-state index >= 15 is 0 Å². The molecule has 0 radical (unpaired) electrons. The van der Waals surface area contributed by atoms with Crippen LogP contribution in [0.2, 0.25) is 10.0 Å². The van der Waals surface area contributed by atoms with Gasteiger partial charge in [-0.25, -0.2) is 4.98 Å². The van der Waals surface area contributed by atoms with E-state index in [1.165, 1.54) is 12.8 Å². The SMILES string of the molecule is Cc1cnc(N2CC([C@H]3CCCN(CCN4CCCC4=O)C3)C2)nc1NC(C)c1ccc(Cl)cc1Cl. The summed E-state index contributed by atoms with van der Waals surface area (Å²) in [6.07, 6.45) is 6.18. The van der Waals surface area contributed by atoms with E-state index < -0.39 is 0 Å². The van der Waals surface area contributed by atoms with Gasteiger partial charge in [0.15, 0.2) is 0 Å². The third-order valence-electron chi connectivity index (χ3n) is 8.00. The van der Waals surface area contributed by atoms with Crippen molar-refractivity contribution in [3.05, 3.63) is 45.6 Å². The number of aromatic nitrogens is 2. The molecular weight excluding hydrogens is 495 g/mol. The van der Waals surface area contributed by atoms with E-state index in [4.69, 9.17) is 28.2 Å². The maximum Gasteiger partial charge on any atom is 0.227 e. The fourth-order valence-corrected chi connectivity index (χ4v) is 6.29. The van der Waals surface area contributed by atoms with E-state index in [0.717, 1.165) is 81.5 Å². The molecule has 0 bridgehead atoms. The Labute approximate surface area is 224 Å². The predicted molar refractivity (Wildman–Crippen MR) is 146 cm³/mol. The summed E-state index contributed by atoms with van der Waals surface area (Å²) in [6.45, 7) is 11.2. The zero-order valence-corrected chi connectivity index (χ0v) is 22.7. The molecule has 3 aliphatic heterocycles. The second-order valence-electron chi connectivity index (χ2n) is 10.6. The van der Waals surface area contributed by atoms with Crippen molar-refractivity contribution in [2.75, 3.05) is 56.0 Å². The molecule has 0 spiro atoms. The molecule has 2 aromatic rings. The minimum Gasteiger partial charge on any atom is -0.363 e. The van der Waals surface area contributed by atoms with Crippen LogP contribution in [-0.2, 0) is 4.79 Å². The highest BCUT2D eigenvalue weighted by atomic mass is 35.5. The maximum absolute atomic E-state index is 11.9. The normalized spacial score (nSPS) is 22.1. The largest absolute Gasteiger partial charge is 0.363 e. The van der Waals surface area contributed by atoms with Gasteiger partial charge in [-0.1, -0.05) is 29.3 Å². The highest BCUT2D eigenvalue weighted by Crippen LogP contribution is 2.34. The average Bonchev–Trinajstić information content (AvgIpc) is 3.23. The minimum atomic E-state index is -0.00979. The van der Waals surface area contributed by atoms with Crippen LogP contribution in [0, 0.1) is 18.8 Å². The van der Waals surface area contributed by atoms with Gasteiger partial charge in [-0.05, 0) is 69.2 Å². The van der Waals surface area contributed by atoms with Crippen molar-refractivity contribution >= 4 is 40.9 Å². The summed E-state index contributed by atoms with van der Waals surface area (Å²) < 4.78 is 0. The number of nitrogens with one attached hydrogen (secondary N) is 1. The number of benzene rings is 1. The second kappa shape index (κ2) is 11.1. The standard InChI is InChI=1S/C27H36Cl2N6O/c1-18-14-30-27(32-26(18)31-19(2)23-8-7-22(28)13-24(23)29)35-16-21(17-35)20-5-3-9-33(15-20)11-12-34-10-4-6-25(34)36/h7-8,13-14,19-21H,3-6,9-12,15-17H2,1-2H3,(H,30,31,32)/t19?,20-/m0/s1. The van der Waals surface area contributed by atoms with Crippen LogP contribution in [0.3, 0.4) is 0 Å². The van der Waals surface area contributed by atoms with Crippen molar-refractivity contribution in [1.82, 2.24) is 19.8 Å². The van der Waals surface area contributed by atoms with Crippen molar-refractivity contribution in [3.8, 4) is 0 Å². The van der Waals surface area contributed by atoms with Gasteiger partial charge in [0.1, 0.15) is 5.82 Å². The van der Waals surface area contributed by atoms with Crippen molar-refractivity contribution < 1.29 is 4.79 Å². The van der Waals surface area contributed by atoms with E-state index in [9.17, 15) is 4.79 Å². The molecule has 0 aliphatic carbocycles. The molecular formula is C27H36Cl2N6O. The van der Waals surface area contributed by atoms with Crippen molar-refractivity contribution in [3.63, 3.8) is 0 Å². The van der Waals surface area contributed by atoms with Crippen LogP contribution in [0.1, 0.15) is 49.8 Å². The molecule has 9 heteroatoms. The summed E-state index contributed by atoms with van der Waals surface area (Å²) in [7, 11) is 0. The first-order chi connectivity index (χ1) is 17.4. The highest BCUT2D eigenvalue weighted by Gasteiger charge is 2.37. The number of hydrogen-bond acceptors (Lipinski definition) is 6. The molecule has 194 valence electrons. The molecule has 1 amide bonds. The summed E-state index contributed by atoms with van der Waals surface area (Å²) in [5.41, 5.74) is 1.99. The van der Waals surface area contributed by atoms with Gasteiger partial charge in [0.05, 0.1) is 6.04 Å². The first kappa shape index (κ1) is 25.6. The van der Waals surface area contributed by atoms with Crippen molar-refractivity contribution in [2.45, 2.75) is 45.6 Å². The number of hydrogen-bond donors (Lipinski definition) is 1. The Kier molecular flexibility index (Phi) is 7.89. The first-order valence-corrected chi connectivity index (χ1v) is 13.9. The van der Waals surface area contributed by atoms with E-state index in [1.54, 1.807) is 6.07 Å².